The summed E-state index contributed by atoms with van der Waals surface area (Å²) >= 11 is 12.0. The molecule has 1 aliphatic rings. The Morgan fingerprint density at radius 1 is 1.21 bits per heavy atom. The second-order valence-corrected chi connectivity index (χ2v) is 6.95. The Labute approximate surface area is 153 Å². The van der Waals surface area contributed by atoms with Crippen molar-refractivity contribution in [2.24, 2.45) is 0 Å². The van der Waals surface area contributed by atoms with Crippen LogP contribution in [0.25, 0.3) is 0 Å². The third-order valence-corrected chi connectivity index (χ3v) is 4.95. The van der Waals surface area contributed by atoms with Crippen molar-refractivity contribution >= 4 is 23.2 Å². The molecule has 1 saturated heterocycles. The Bertz CT molecular complexity index is 651. The minimum atomic E-state index is 0.478. The van der Waals surface area contributed by atoms with E-state index in [0.717, 1.165) is 19.5 Å². The predicted molar refractivity (Wildman–Crippen MR) is 99.0 cm³/mol. The van der Waals surface area contributed by atoms with Crippen molar-refractivity contribution in [3.8, 4) is 5.75 Å². The summed E-state index contributed by atoms with van der Waals surface area (Å²) < 4.78 is 5.79. The number of benzene rings is 1. The van der Waals surface area contributed by atoms with Crippen molar-refractivity contribution in [2.75, 3.05) is 19.7 Å². The molecule has 2 aromatic rings. The van der Waals surface area contributed by atoms with Crippen molar-refractivity contribution in [2.45, 2.75) is 31.7 Å². The number of hydrogen-bond acceptors (Lipinski definition) is 3. The summed E-state index contributed by atoms with van der Waals surface area (Å²) in [6.45, 7) is 2.81. The normalized spacial score (nSPS) is 18.5. The van der Waals surface area contributed by atoms with Gasteiger partial charge in [0.25, 0.3) is 0 Å². The number of likely N-dealkylation sites (tertiary alicyclic amines) is 1. The number of aromatic nitrogens is 1. The van der Waals surface area contributed by atoms with Crippen LogP contribution in [0.2, 0.25) is 10.0 Å². The Kier molecular flexibility index (Phi) is 6.36. The second kappa shape index (κ2) is 8.70. The molecule has 0 unspecified atom stereocenters. The Balaban J connectivity index is 1.51. The Morgan fingerprint density at radius 2 is 2.12 bits per heavy atom. The molecule has 1 atom stereocenters. The Hall–Kier alpha value is -1.29. The average molecular weight is 365 g/mol. The molecule has 0 spiro atoms. The van der Waals surface area contributed by atoms with E-state index < -0.39 is 0 Å². The fraction of sp³-hybridized carbons (Fsp3) is 0.421. The van der Waals surface area contributed by atoms with Crippen LogP contribution in [0.15, 0.2) is 42.7 Å². The number of ether oxygens (including phenoxy) is 1. The summed E-state index contributed by atoms with van der Waals surface area (Å²) in [5.41, 5.74) is 1.32. The molecule has 0 radical (unpaired) electrons. The van der Waals surface area contributed by atoms with E-state index >= 15 is 0 Å². The van der Waals surface area contributed by atoms with Gasteiger partial charge in [0, 0.05) is 30.0 Å². The van der Waals surface area contributed by atoms with Crippen molar-refractivity contribution in [1.29, 1.82) is 0 Å². The molecule has 1 aliphatic heterocycles. The maximum atomic E-state index is 6.13. The van der Waals surface area contributed by atoms with E-state index in [-0.39, 0.29) is 0 Å². The number of hydrogen-bond donors (Lipinski definition) is 0. The molecule has 0 aliphatic carbocycles. The largest absolute Gasteiger partial charge is 0.492 e. The highest BCUT2D eigenvalue weighted by molar-refractivity contribution is 6.35. The first-order chi connectivity index (χ1) is 11.7. The summed E-state index contributed by atoms with van der Waals surface area (Å²) in [7, 11) is 0. The van der Waals surface area contributed by atoms with Crippen LogP contribution in [0, 0.1) is 0 Å². The molecule has 1 aromatic carbocycles. The second-order valence-electron chi connectivity index (χ2n) is 6.11. The van der Waals surface area contributed by atoms with Crippen LogP contribution in [0.5, 0.6) is 5.75 Å². The molecule has 2 heterocycles. The molecule has 0 bridgehead atoms. The molecular weight excluding hydrogens is 343 g/mol. The lowest BCUT2D eigenvalue weighted by molar-refractivity contribution is 0.137. The smallest absolute Gasteiger partial charge is 0.137 e. The first-order valence-corrected chi connectivity index (χ1v) is 9.21. The lowest BCUT2D eigenvalue weighted by atomic mass is 9.96. The third kappa shape index (κ3) is 4.62. The first kappa shape index (κ1) is 17.5. The number of nitrogens with zero attached hydrogens (tertiary/aromatic N) is 2. The van der Waals surface area contributed by atoms with E-state index in [0.29, 0.717) is 28.4 Å². The predicted octanol–water partition coefficient (Wildman–Crippen LogP) is 5.38. The zero-order valence-electron chi connectivity index (χ0n) is 13.6. The van der Waals surface area contributed by atoms with Crippen LogP contribution in [-0.4, -0.2) is 29.6 Å². The summed E-state index contributed by atoms with van der Waals surface area (Å²) in [4.78, 5) is 6.82. The van der Waals surface area contributed by atoms with Crippen LogP contribution in [0.1, 0.15) is 37.3 Å². The van der Waals surface area contributed by atoms with E-state index in [4.69, 9.17) is 27.9 Å². The van der Waals surface area contributed by atoms with Crippen molar-refractivity contribution in [1.82, 2.24) is 9.88 Å². The van der Waals surface area contributed by atoms with Gasteiger partial charge in [-0.25, -0.2) is 0 Å². The molecule has 24 heavy (non-hydrogen) atoms. The fourth-order valence-corrected chi connectivity index (χ4v) is 3.71. The van der Waals surface area contributed by atoms with Gasteiger partial charge >= 0.3 is 0 Å². The summed E-state index contributed by atoms with van der Waals surface area (Å²) in [6.07, 6.45) is 8.55. The fourth-order valence-electron chi connectivity index (χ4n) is 3.25. The quantitative estimate of drug-likeness (QED) is 0.642. The van der Waals surface area contributed by atoms with Crippen LogP contribution in [0.4, 0.5) is 0 Å². The highest BCUT2D eigenvalue weighted by Crippen LogP contribution is 2.31. The standard InChI is InChI=1S/C19H22Cl2N2O/c20-16-7-8-19(17(21)13-16)24-12-4-11-23-10-2-1-6-18(23)15-5-3-9-22-14-15/h3,5,7-9,13-14,18H,1-2,4,6,10-12H2/t18-/m1/s1. The minimum Gasteiger partial charge on any atom is -0.492 e. The van der Waals surface area contributed by atoms with Crippen LogP contribution in [0.3, 0.4) is 0 Å². The van der Waals surface area contributed by atoms with Gasteiger partial charge in [0.2, 0.25) is 0 Å². The molecule has 5 heteroatoms. The highest BCUT2D eigenvalue weighted by atomic mass is 35.5. The minimum absolute atomic E-state index is 0.478. The first-order valence-electron chi connectivity index (χ1n) is 8.46. The third-order valence-electron chi connectivity index (χ3n) is 4.42. The molecule has 0 N–H and O–H groups in total. The van der Waals surface area contributed by atoms with Crippen LogP contribution >= 0.6 is 23.2 Å². The van der Waals surface area contributed by atoms with Crippen molar-refractivity contribution < 1.29 is 4.74 Å². The Morgan fingerprint density at radius 3 is 2.92 bits per heavy atom. The summed E-state index contributed by atoms with van der Waals surface area (Å²) in [5.74, 6) is 0.698. The molecule has 3 nitrogen and oxygen atoms in total. The van der Waals surface area contributed by atoms with Gasteiger partial charge in [-0.3, -0.25) is 9.88 Å². The average Bonchev–Trinajstić information content (AvgIpc) is 2.61. The van der Waals surface area contributed by atoms with E-state index in [1.54, 1.807) is 12.1 Å². The summed E-state index contributed by atoms with van der Waals surface area (Å²) in [6, 6.07) is 10.0. The van der Waals surface area contributed by atoms with Gasteiger partial charge < -0.3 is 4.74 Å². The van der Waals surface area contributed by atoms with Gasteiger partial charge in [-0.15, -0.1) is 0 Å². The van der Waals surface area contributed by atoms with Gasteiger partial charge in [-0.2, -0.15) is 0 Å². The van der Waals surface area contributed by atoms with E-state index in [9.17, 15) is 0 Å². The van der Waals surface area contributed by atoms with Gasteiger partial charge in [0.15, 0.2) is 0 Å². The lowest BCUT2D eigenvalue weighted by Crippen LogP contribution is -2.34. The van der Waals surface area contributed by atoms with E-state index in [1.165, 1.54) is 24.8 Å². The maximum Gasteiger partial charge on any atom is 0.137 e. The van der Waals surface area contributed by atoms with Gasteiger partial charge in [-0.05, 0) is 55.6 Å². The van der Waals surface area contributed by atoms with Gasteiger partial charge in [0.05, 0.1) is 11.6 Å². The van der Waals surface area contributed by atoms with Crippen molar-refractivity contribution in [3.05, 3.63) is 58.3 Å². The number of piperidine rings is 1. The molecule has 0 amide bonds. The van der Waals surface area contributed by atoms with Crippen LogP contribution in [-0.2, 0) is 0 Å². The molecular formula is C19H22Cl2N2O. The molecule has 1 aromatic heterocycles. The highest BCUT2D eigenvalue weighted by Gasteiger charge is 2.23. The van der Waals surface area contributed by atoms with E-state index in [1.807, 2.05) is 24.5 Å². The number of pyridine rings is 1. The maximum absolute atomic E-state index is 6.13. The summed E-state index contributed by atoms with van der Waals surface area (Å²) in [5, 5.41) is 1.19. The lowest BCUT2D eigenvalue weighted by Gasteiger charge is -2.35. The monoisotopic (exact) mass is 364 g/mol. The SMILES string of the molecule is Clc1ccc(OCCCN2CCCC[C@@H]2c2cccnc2)c(Cl)c1. The molecule has 128 valence electrons. The van der Waals surface area contributed by atoms with Crippen LogP contribution < -0.4 is 4.74 Å². The molecule has 3 rings (SSSR count). The van der Waals surface area contributed by atoms with Crippen molar-refractivity contribution in [3.63, 3.8) is 0 Å². The van der Waals surface area contributed by atoms with E-state index in [2.05, 4.69) is 16.0 Å². The number of rotatable bonds is 6. The van der Waals surface area contributed by atoms with Gasteiger partial charge in [-0.1, -0.05) is 35.7 Å². The van der Waals surface area contributed by atoms with Gasteiger partial charge in [0.1, 0.15) is 5.75 Å². The molecule has 0 saturated carbocycles. The topological polar surface area (TPSA) is 25.4 Å². The molecule has 1 fully saturated rings. The zero-order chi connectivity index (χ0) is 16.8. The number of halogens is 2. The zero-order valence-corrected chi connectivity index (χ0v) is 15.1.